The van der Waals surface area contributed by atoms with E-state index in [0.717, 1.165) is 18.4 Å². The van der Waals surface area contributed by atoms with Gasteiger partial charge >= 0.3 is 0 Å². The summed E-state index contributed by atoms with van der Waals surface area (Å²) in [5.41, 5.74) is 6.33. The van der Waals surface area contributed by atoms with Gasteiger partial charge in [0.15, 0.2) is 0 Å². The molecular weight excluding hydrogens is 228 g/mol. The Labute approximate surface area is 107 Å². The van der Waals surface area contributed by atoms with E-state index in [1.54, 1.807) is 12.1 Å². The molecule has 0 radical (unpaired) electrons. The second-order valence-corrected chi connectivity index (χ2v) is 4.98. The summed E-state index contributed by atoms with van der Waals surface area (Å²) in [6, 6.07) is 7.62. The number of primary amides is 1. The Morgan fingerprint density at radius 3 is 2.72 bits per heavy atom. The largest absolute Gasteiger partial charge is 0.508 e. The van der Waals surface area contributed by atoms with Crippen molar-refractivity contribution in [3.8, 4) is 5.75 Å². The predicted molar refractivity (Wildman–Crippen MR) is 70.0 cm³/mol. The second-order valence-electron chi connectivity index (χ2n) is 4.98. The minimum atomic E-state index is -0.290. The molecule has 1 aromatic carbocycles. The van der Waals surface area contributed by atoms with E-state index in [1.165, 1.54) is 12.8 Å². The van der Waals surface area contributed by atoms with E-state index < -0.39 is 0 Å². The number of amides is 1. The van der Waals surface area contributed by atoms with E-state index in [-0.39, 0.29) is 11.7 Å². The Balaban J connectivity index is 2.06. The molecule has 1 aromatic rings. The van der Waals surface area contributed by atoms with E-state index in [1.807, 2.05) is 12.1 Å². The number of carbonyl (C=O) groups is 1. The molecule has 98 valence electrons. The van der Waals surface area contributed by atoms with Crippen LogP contribution in [0.4, 0.5) is 0 Å². The van der Waals surface area contributed by atoms with Gasteiger partial charge < -0.3 is 10.8 Å². The zero-order chi connectivity index (χ0) is 13.0. The molecule has 1 amide bonds. The van der Waals surface area contributed by atoms with Crippen molar-refractivity contribution in [3.63, 3.8) is 0 Å². The normalized spacial score (nSPS) is 16.3. The maximum absolute atomic E-state index is 11.2. The second kappa shape index (κ2) is 5.87. The summed E-state index contributed by atoms with van der Waals surface area (Å²) in [4.78, 5) is 13.3. The van der Waals surface area contributed by atoms with Crippen molar-refractivity contribution in [1.82, 2.24) is 4.90 Å². The SMILES string of the molecule is NC(=O)CN(Cc1cccc(O)c1)C1CCCC1. The Morgan fingerprint density at radius 1 is 1.39 bits per heavy atom. The number of nitrogens with two attached hydrogens (primary N) is 1. The van der Waals surface area contributed by atoms with Gasteiger partial charge in [-0.3, -0.25) is 9.69 Å². The van der Waals surface area contributed by atoms with Crippen LogP contribution in [0.25, 0.3) is 0 Å². The van der Waals surface area contributed by atoms with Crippen LogP contribution in [0.1, 0.15) is 31.2 Å². The minimum absolute atomic E-state index is 0.262. The standard InChI is InChI=1S/C14H20N2O2/c15-14(18)10-16(12-5-1-2-6-12)9-11-4-3-7-13(17)8-11/h3-4,7-8,12,17H,1-2,5-6,9-10H2,(H2,15,18). The zero-order valence-electron chi connectivity index (χ0n) is 10.5. The molecule has 0 spiro atoms. The van der Waals surface area contributed by atoms with Gasteiger partial charge in [0.25, 0.3) is 0 Å². The van der Waals surface area contributed by atoms with Gasteiger partial charge in [-0.05, 0) is 30.5 Å². The first-order valence-electron chi connectivity index (χ1n) is 6.45. The molecule has 0 unspecified atom stereocenters. The summed E-state index contributed by atoms with van der Waals surface area (Å²) in [6.45, 7) is 0.961. The number of phenolic OH excluding ortho intramolecular Hbond substituents is 1. The van der Waals surface area contributed by atoms with Gasteiger partial charge in [-0.1, -0.05) is 25.0 Å². The molecule has 0 bridgehead atoms. The van der Waals surface area contributed by atoms with Gasteiger partial charge in [-0.15, -0.1) is 0 Å². The van der Waals surface area contributed by atoms with E-state index in [4.69, 9.17) is 5.73 Å². The average molecular weight is 248 g/mol. The third-order valence-corrected chi connectivity index (χ3v) is 3.50. The summed E-state index contributed by atoms with van der Waals surface area (Å²) in [5.74, 6) is -0.0278. The van der Waals surface area contributed by atoms with Crippen LogP contribution in [0, 0.1) is 0 Å². The fourth-order valence-corrected chi connectivity index (χ4v) is 2.67. The van der Waals surface area contributed by atoms with Crippen molar-refractivity contribution >= 4 is 5.91 Å². The molecule has 1 fully saturated rings. The van der Waals surface area contributed by atoms with Gasteiger partial charge in [-0.2, -0.15) is 0 Å². The molecule has 0 saturated heterocycles. The third kappa shape index (κ3) is 3.47. The molecule has 1 aliphatic rings. The topological polar surface area (TPSA) is 66.6 Å². The zero-order valence-corrected chi connectivity index (χ0v) is 10.5. The lowest BCUT2D eigenvalue weighted by Crippen LogP contribution is -2.39. The maximum atomic E-state index is 11.2. The van der Waals surface area contributed by atoms with Gasteiger partial charge in [0, 0.05) is 12.6 Å². The lowest BCUT2D eigenvalue weighted by atomic mass is 10.1. The molecule has 4 heteroatoms. The van der Waals surface area contributed by atoms with Gasteiger partial charge in [0.05, 0.1) is 6.54 Å². The smallest absolute Gasteiger partial charge is 0.231 e. The maximum Gasteiger partial charge on any atom is 0.231 e. The highest BCUT2D eigenvalue weighted by atomic mass is 16.3. The fraction of sp³-hybridized carbons (Fsp3) is 0.500. The number of nitrogens with zero attached hydrogens (tertiary/aromatic N) is 1. The quantitative estimate of drug-likeness (QED) is 0.832. The molecule has 18 heavy (non-hydrogen) atoms. The van der Waals surface area contributed by atoms with Crippen LogP contribution in [0.15, 0.2) is 24.3 Å². The van der Waals surface area contributed by atoms with E-state index >= 15 is 0 Å². The predicted octanol–water partition coefficient (Wildman–Crippen LogP) is 1.62. The fourth-order valence-electron chi connectivity index (χ4n) is 2.67. The molecule has 0 heterocycles. The summed E-state index contributed by atoms with van der Waals surface area (Å²) in [6.07, 6.45) is 4.71. The van der Waals surface area contributed by atoms with E-state index in [0.29, 0.717) is 19.1 Å². The number of hydrogen-bond donors (Lipinski definition) is 2. The van der Waals surface area contributed by atoms with Crippen molar-refractivity contribution in [1.29, 1.82) is 0 Å². The van der Waals surface area contributed by atoms with Crippen LogP contribution >= 0.6 is 0 Å². The lowest BCUT2D eigenvalue weighted by molar-refractivity contribution is -0.119. The summed E-state index contributed by atoms with van der Waals surface area (Å²) in [7, 11) is 0. The molecule has 0 aliphatic heterocycles. The summed E-state index contributed by atoms with van der Waals surface area (Å²) < 4.78 is 0. The van der Waals surface area contributed by atoms with Crippen molar-refractivity contribution < 1.29 is 9.90 Å². The molecular formula is C14H20N2O2. The lowest BCUT2D eigenvalue weighted by Gasteiger charge is -2.27. The number of rotatable bonds is 5. The van der Waals surface area contributed by atoms with Crippen LogP contribution in [0.3, 0.4) is 0 Å². The number of hydrogen-bond acceptors (Lipinski definition) is 3. The third-order valence-electron chi connectivity index (χ3n) is 3.50. The van der Waals surface area contributed by atoms with Crippen molar-refractivity contribution in [3.05, 3.63) is 29.8 Å². The Bertz CT molecular complexity index is 414. The van der Waals surface area contributed by atoms with Crippen molar-refractivity contribution in [2.45, 2.75) is 38.3 Å². The molecule has 1 aliphatic carbocycles. The van der Waals surface area contributed by atoms with E-state index in [9.17, 15) is 9.90 Å². The minimum Gasteiger partial charge on any atom is -0.508 e. The van der Waals surface area contributed by atoms with Gasteiger partial charge in [-0.25, -0.2) is 0 Å². The summed E-state index contributed by atoms with van der Waals surface area (Å²) >= 11 is 0. The number of phenols is 1. The van der Waals surface area contributed by atoms with Crippen LogP contribution in [-0.4, -0.2) is 28.5 Å². The van der Waals surface area contributed by atoms with Crippen LogP contribution < -0.4 is 5.73 Å². The van der Waals surface area contributed by atoms with Crippen LogP contribution in [-0.2, 0) is 11.3 Å². The number of carbonyl (C=O) groups excluding carboxylic acids is 1. The van der Waals surface area contributed by atoms with Gasteiger partial charge in [0.1, 0.15) is 5.75 Å². The molecule has 2 rings (SSSR count). The monoisotopic (exact) mass is 248 g/mol. The highest BCUT2D eigenvalue weighted by Crippen LogP contribution is 2.25. The summed E-state index contributed by atoms with van der Waals surface area (Å²) in [5, 5.41) is 9.46. The first kappa shape index (κ1) is 12.9. The van der Waals surface area contributed by atoms with Crippen molar-refractivity contribution in [2.75, 3.05) is 6.54 Å². The van der Waals surface area contributed by atoms with Crippen LogP contribution in [0.2, 0.25) is 0 Å². The molecule has 3 N–H and O–H groups in total. The molecule has 4 nitrogen and oxygen atoms in total. The Hall–Kier alpha value is -1.55. The highest BCUT2D eigenvalue weighted by Gasteiger charge is 2.23. The average Bonchev–Trinajstić information content (AvgIpc) is 2.80. The number of benzene rings is 1. The highest BCUT2D eigenvalue weighted by molar-refractivity contribution is 5.76. The van der Waals surface area contributed by atoms with Crippen LogP contribution in [0.5, 0.6) is 5.75 Å². The number of aromatic hydroxyl groups is 1. The molecule has 0 atom stereocenters. The molecule has 1 saturated carbocycles. The van der Waals surface area contributed by atoms with E-state index in [2.05, 4.69) is 4.90 Å². The Morgan fingerprint density at radius 2 is 2.11 bits per heavy atom. The first-order chi connectivity index (χ1) is 8.65. The Kier molecular flexibility index (Phi) is 4.20. The van der Waals surface area contributed by atoms with Gasteiger partial charge in [0.2, 0.25) is 5.91 Å². The van der Waals surface area contributed by atoms with Crippen molar-refractivity contribution in [2.24, 2.45) is 5.73 Å². The molecule has 0 aromatic heterocycles. The first-order valence-corrected chi connectivity index (χ1v) is 6.45.